The molecule has 2 rings (SSSR count). The lowest BCUT2D eigenvalue weighted by Gasteiger charge is -2.09. The number of hydrogen-bond donors (Lipinski definition) is 1. The number of nitrogens with zero attached hydrogens (tertiary/aromatic N) is 1. The molecule has 0 radical (unpaired) electrons. The van der Waals surface area contributed by atoms with Crippen molar-refractivity contribution in [2.24, 2.45) is 0 Å². The average Bonchev–Trinajstić information content (AvgIpc) is 2.65. The summed E-state index contributed by atoms with van der Waals surface area (Å²) in [6, 6.07) is 12.7. The first kappa shape index (κ1) is 19.9. The summed E-state index contributed by atoms with van der Waals surface area (Å²) >= 11 is 5.87. The number of nitrogens with one attached hydrogen (secondary N) is 1. The summed E-state index contributed by atoms with van der Waals surface area (Å²) in [5.74, 6) is -1.09. The molecule has 2 aromatic rings. The summed E-state index contributed by atoms with van der Waals surface area (Å²) in [5, 5.41) is 11.5. The van der Waals surface area contributed by atoms with Crippen LogP contribution in [0, 0.1) is 11.3 Å². The zero-order valence-electron chi connectivity index (χ0n) is 14.3. The van der Waals surface area contributed by atoms with Gasteiger partial charge in [-0.3, -0.25) is 9.59 Å². The molecule has 138 valence electrons. The number of anilines is 1. The van der Waals surface area contributed by atoms with Crippen LogP contribution >= 0.6 is 11.6 Å². The van der Waals surface area contributed by atoms with Gasteiger partial charge in [0.1, 0.15) is 11.8 Å². The minimum atomic E-state index is -0.740. The molecule has 0 unspecified atom stereocenters. The molecule has 27 heavy (non-hydrogen) atoms. The molecule has 0 saturated carbocycles. The van der Waals surface area contributed by atoms with E-state index < -0.39 is 25.1 Å². The Morgan fingerprint density at radius 3 is 2.59 bits per heavy atom. The van der Waals surface area contributed by atoms with E-state index in [0.717, 1.165) is 0 Å². The smallest absolute Gasteiger partial charge is 0.344 e. The van der Waals surface area contributed by atoms with Crippen LogP contribution in [0.3, 0.4) is 0 Å². The number of nitriles is 1. The van der Waals surface area contributed by atoms with Crippen molar-refractivity contribution in [2.45, 2.75) is 6.92 Å². The Hall–Kier alpha value is -3.37. The molecule has 1 N–H and O–H groups in total. The molecular weight excluding hydrogens is 372 g/mol. The van der Waals surface area contributed by atoms with E-state index in [4.69, 9.17) is 26.3 Å². The number of rotatable bonds is 7. The topological polar surface area (TPSA) is 105 Å². The molecular formula is C19H15ClN2O5. The number of carbonyl (C=O) groups is 3. The van der Waals surface area contributed by atoms with Crippen LogP contribution in [0.4, 0.5) is 5.69 Å². The lowest BCUT2D eigenvalue weighted by Crippen LogP contribution is -2.23. The molecule has 0 aromatic heterocycles. The van der Waals surface area contributed by atoms with Crippen molar-refractivity contribution < 1.29 is 23.9 Å². The van der Waals surface area contributed by atoms with E-state index in [1.807, 2.05) is 6.07 Å². The minimum Gasteiger partial charge on any atom is -0.482 e. The number of ether oxygens (including phenoxy) is 2. The maximum atomic E-state index is 11.8. The summed E-state index contributed by atoms with van der Waals surface area (Å²) < 4.78 is 10.1. The molecule has 0 atom stereocenters. The van der Waals surface area contributed by atoms with Crippen LogP contribution in [0.1, 0.15) is 22.8 Å². The highest BCUT2D eigenvalue weighted by molar-refractivity contribution is 6.32. The Bertz CT molecular complexity index is 921. The standard InChI is InChI=1S/C19H15ClN2O5/c1-12(23)13-3-2-4-16(7-13)26-11-19(25)27-10-18(24)22-15-6-5-14(9-21)17(20)8-15/h2-8H,10-11H2,1H3,(H,22,24). The molecule has 0 saturated heterocycles. The number of amides is 1. The first-order valence-electron chi connectivity index (χ1n) is 7.78. The fraction of sp³-hybridized carbons (Fsp3) is 0.158. The minimum absolute atomic E-state index is 0.123. The van der Waals surface area contributed by atoms with Crippen molar-refractivity contribution in [1.29, 1.82) is 5.26 Å². The molecule has 1 amide bonds. The Kier molecular flexibility index (Phi) is 6.92. The molecule has 0 spiro atoms. The van der Waals surface area contributed by atoms with Gasteiger partial charge >= 0.3 is 5.97 Å². The van der Waals surface area contributed by atoms with Gasteiger partial charge in [0.2, 0.25) is 0 Å². The molecule has 0 aliphatic carbocycles. The number of esters is 1. The van der Waals surface area contributed by atoms with Crippen molar-refractivity contribution in [2.75, 3.05) is 18.5 Å². The third kappa shape index (κ3) is 6.13. The average molecular weight is 387 g/mol. The first-order chi connectivity index (χ1) is 12.9. The Balaban J connectivity index is 1.79. The summed E-state index contributed by atoms with van der Waals surface area (Å²) in [7, 11) is 0. The van der Waals surface area contributed by atoms with E-state index in [9.17, 15) is 14.4 Å². The summed E-state index contributed by atoms with van der Waals surface area (Å²) in [6.07, 6.45) is 0. The van der Waals surface area contributed by atoms with Crippen molar-refractivity contribution in [3.05, 3.63) is 58.6 Å². The number of halogens is 1. The number of carbonyl (C=O) groups excluding carboxylic acids is 3. The van der Waals surface area contributed by atoms with Gasteiger partial charge in [-0.15, -0.1) is 0 Å². The molecule has 2 aromatic carbocycles. The summed E-state index contributed by atoms with van der Waals surface area (Å²) in [5.41, 5.74) is 1.12. The highest BCUT2D eigenvalue weighted by Gasteiger charge is 2.10. The highest BCUT2D eigenvalue weighted by atomic mass is 35.5. The van der Waals surface area contributed by atoms with Gasteiger partial charge in [-0.25, -0.2) is 4.79 Å². The van der Waals surface area contributed by atoms with Crippen LogP contribution < -0.4 is 10.1 Å². The number of ketones is 1. The van der Waals surface area contributed by atoms with E-state index in [2.05, 4.69) is 5.32 Å². The van der Waals surface area contributed by atoms with Crippen LogP contribution in [-0.4, -0.2) is 30.9 Å². The van der Waals surface area contributed by atoms with Crippen LogP contribution in [0.15, 0.2) is 42.5 Å². The van der Waals surface area contributed by atoms with Gasteiger partial charge in [-0.1, -0.05) is 23.7 Å². The Labute approximate surface area is 160 Å². The predicted molar refractivity (Wildman–Crippen MR) is 97.7 cm³/mol. The number of Topliss-reactive ketones (excluding diaryl/α,β-unsaturated/α-hetero) is 1. The van der Waals surface area contributed by atoms with Crippen LogP contribution in [0.5, 0.6) is 5.75 Å². The molecule has 0 aliphatic heterocycles. The van der Waals surface area contributed by atoms with Gasteiger partial charge in [-0.2, -0.15) is 5.26 Å². The molecule has 0 heterocycles. The Morgan fingerprint density at radius 1 is 1.15 bits per heavy atom. The fourth-order valence-corrected chi connectivity index (χ4v) is 2.24. The lowest BCUT2D eigenvalue weighted by molar-refractivity contribution is -0.149. The maximum absolute atomic E-state index is 11.8. The zero-order chi connectivity index (χ0) is 19.8. The van der Waals surface area contributed by atoms with Gasteiger partial charge in [0.05, 0.1) is 10.6 Å². The second-order valence-corrected chi connectivity index (χ2v) is 5.80. The molecule has 0 aliphatic rings. The zero-order valence-corrected chi connectivity index (χ0v) is 15.1. The van der Waals surface area contributed by atoms with Gasteiger partial charge in [0.25, 0.3) is 5.91 Å². The van der Waals surface area contributed by atoms with E-state index in [1.165, 1.54) is 31.2 Å². The van der Waals surface area contributed by atoms with E-state index in [0.29, 0.717) is 17.0 Å². The maximum Gasteiger partial charge on any atom is 0.344 e. The quantitative estimate of drug-likeness (QED) is 0.579. The van der Waals surface area contributed by atoms with E-state index in [1.54, 1.807) is 18.2 Å². The third-order valence-corrected chi connectivity index (χ3v) is 3.65. The van der Waals surface area contributed by atoms with Crippen molar-refractivity contribution in [1.82, 2.24) is 0 Å². The summed E-state index contributed by atoms with van der Waals surface area (Å²) in [4.78, 5) is 34.8. The van der Waals surface area contributed by atoms with Crippen molar-refractivity contribution >= 4 is 34.9 Å². The van der Waals surface area contributed by atoms with Gasteiger partial charge in [0.15, 0.2) is 19.0 Å². The lowest BCUT2D eigenvalue weighted by atomic mass is 10.1. The Morgan fingerprint density at radius 2 is 1.93 bits per heavy atom. The second kappa shape index (κ2) is 9.36. The van der Waals surface area contributed by atoms with Crippen LogP contribution in [-0.2, 0) is 14.3 Å². The van der Waals surface area contributed by atoms with Gasteiger partial charge in [-0.05, 0) is 37.3 Å². The first-order valence-corrected chi connectivity index (χ1v) is 8.16. The van der Waals surface area contributed by atoms with Crippen molar-refractivity contribution in [3.8, 4) is 11.8 Å². The number of hydrogen-bond acceptors (Lipinski definition) is 6. The number of benzene rings is 2. The SMILES string of the molecule is CC(=O)c1cccc(OCC(=O)OCC(=O)Nc2ccc(C#N)c(Cl)c2)c1. The summed E-state index contributed by atoms with van der Waals surface area (Å²) in [6.45, 7) is 0.512. The van der Waals surface area contributed by atoms with Gasteiger partial charge < -0.3 is 14.8 Å². The van der Waals surface area contributed by atoms with E-state index in [-0.39, 0.29) is 16.4 Å². The molecule has 0 fully saturated rings. The van der Waals surface area contributed by atoms with Crippen molar-refractivity contribution in [3.63, 3.8) is 0 Å². The van der Waals surface area contributed by atoms with Crippen LogP contribution in [0.25, 0.3) is 0 Å². The van der Waals surface area contributed by atoms with Crippen LogP contribution in [0.2, 0.25) is 5.02 Å². The fourth-order valence-electron chi connectivity index (χ4n) is 2.02. The highest BCUT2D eigenvalue weighted by Crippen LogP contribution is 2.20. The predicted octanol–water partition coefficient (Wildman–Crippen LogP) is 2.97. The third-order valence-electron chi connectivity index (χ3n) is 3.33. The van der Waals surface area contributed by atoms with Gasteiger partial charge in [0, 0.05) is 11.3 Å². The normalized spacial score (nSPS) is 9.81. The molecule has 7 nitrogen and oxygen atoms in total. The van der Waals surface area contributed by atoms with E-state index >= 15 is 0 Å². The largest absolute Gasteiger partial charge is 0.482 e. The molecule has 8 heteroatoms. The second-order valence-electron chi connectivity index (χ2n) is 5.39. The molecule has 0 bridgehead atoms. The monoisotopic (exact) mass is 386 g/mol.